The summed E-state index contributed by atoms with van der Waals surface area (Å²) in [6.07, 6.45) is 3.20. The van der Waals surface area contributed by atoms with Crippen LogP contribution in [0.3, 0.4) is 0 Å². The molecule has 3 aromatic rings. The molecular formula is C14H10FN3O. The van der Waals surface area contributed by atoms with Crippen molar-refractivity contribution in [1.82, 2.24) is 9.97 Å². The standard InChI is InChI=1S/C14H10FN3O/c15-9-4-8(5-10(16)6-9)13(19)12-7-18-14-11(12)2-1-3-17-14/h1-7H,16H2,(H,17,18). The summed E-state index contributed by atoms with van der Waals surface area (Å²) in [6.45, 7) is 0. The summed E-state index contributed by atoms with van der Waals surface area (Å²) in [5.41, 5.74) is 7.07. The van der Waals surface area contributed by atoms with Crippen molar-refractivity contribution in [2.75, 3.05) is 5.73 Å². The lowest BCUT2D eigenvalue weighted by molar-refractivity contribution is 0.104. The molecule has 0 aliphatic carbocycles. The van der Waals surface area contributed by atoms with Crippen molar-refractivity contribution in [3.8, 4) is 0 Å². The first kappa shape index (κ1) is 11.4. The SMILES string of the molecule is Nc1cc(F)cc(C(=O)c2c[nH]c3ncccc23)c1. The third kappa shape index (κ3) is 1.95. The number of pyridine rings is 1. The molecule has 0 bridgehead atoms. The minimum Gasteiger partial charge on any atom is -0.399 e. The third-order valence-corrected chi connectivity index (χ3v) is 2.88. The van der Waals surface area contributed by atoms with Gasteiger partial charge < -0.3 is 10.7 Å². The summed E-state index contributed by atoms with van der Waals surface area (Å²) < 4.78 is 13.3. The van der Waals surface area contributed by atoms with Gasteiger partial charge in [-0.05, 0) is 30.3 Å². The zero-order chi connectivity index (χ0) is 13.4. The van der Waals surface area contributed by atoms with Crippen LogP contribution in [0, 0.1) is 5.82 Å². The van der Waals surface area contributed by atoms with Crippen LogP contribution in [0.15, 0.2) is 42.7 Å². The van der Waals surface area contributed by atoms with Gasteiger partial charge in [0.25, 0.3) is 0 Å². The van der Waals surface area contributed by atoms with Crippen molar-refractivity contribution in [2.45, 2.75) is 0 Å². The van der Waals surface area contributed by atoms with Crippen LogP contribution >= 0.6 is 0 Å². The summed E-state index contributed by atoms with van der Waals surface area (Å²) >= 11 is 0. The number of carbonyl (C=O) groups excluding carboxylic acids is 1. The number of carbonyl (C=O) groups is 1. The highest BCUT2D eigenvalue weighted by atomic mass is 19.1. The quantitative estimate of drug-likeness (QED) is 0.546. The Bertz CT molecular complexity index is 759. The summed E-state index contributed by atoms with van der Waals surface area (Å²) in [5.74, 6) is -0.813. The van der Waals surface area contributed by atoms with Crippen molar-refractivity contribution in [2.24, 2.45) is 0 Å². The number of nitrogens with zero attached hydrogens (tertiary/aromatic N) is 1. The summed E-state index contributed by atoms with van der Waals surface area (Å²) in [6, 6.07) is 7.34. The van der Waals surface area contributed by atoms with E-state index >= 15 is 0 Å². The molecule has 0 atom stereocenters. The molecule has 0 aliphatic heterocycles. The van der Waals surface area contributed by atoms with E-state index < -0.39 is 5.82 Å². The number of nitrogens with two attached hydrogens (primary N) is 1. The second-order valence-corrected chi connectivity index (χ2v) is 4.20. The van der Waals surface area contributed by atoms with Crippen LogP contribution < -0.4 is 5.73 Å². The largest absolute Gasteiger partial charge is 0.399 e. The number of fused-ring (bicyclic) bond motifs is 1. The molecule has 2 heterocycles. The van der Waals surface area contributed by atoms with Gasteiger partial charge in [0, 0.05) is 34.6 Å². The highest BCUT2D eigenvalue weighted by molar-refractivity contribution is 6.16. The number of benzene rings is 1. The van der Waals surface area contributed by atoms with Crippen molar-refractivity contribution >= 4 is 22.5 Å². The number of anilines is 1. The van der Waals surface area contributed by atoms with E-state index in [-0.39, 0.29) is 17.0 Å². The van der Waals surface area contributed by atoms with Crippen LogP contribution in [0.5, 0.6) is 0 Å². The number of aromatic amines is 1. The van der Waals surface area contributed by atoms with E-state index in [2.05, 4.69) is 9.97 Å². The van der Waals surface area contributed by atoms with E-state index in [0.717, 1.165) is 0 Å². The first-order valence-electron chi connectivity index (χ1n) is 5.68. The molecule has 3 N–H and O–H groups in total. The number of hydrogen-bond acceptors (Lipinski definition) is 3. The van der Waals surface area contributed by atoms with Gasteiger partial charge >= 0.3 is 0 Å². The molecule has 0 radical (unpaired) electrons. The molecule has 0 spiro atoms. The Kier molecular flexibility index (Phi) is 2.52. The molecule has 2 aromatic heterocycles. The minimum atomic E-state index is -0.527. The topological polar surface area (TPSA) is 71.8 Å². The second-order valence-electron chi connectivity index (χ2n) is 4.20. The number of nitrogen functional groups attached to an aromatic ring is 1. The molecule has 0 aliphatic rings. The maximum absolute atomic E-state index is 13.3. The van der Waals surface area contributed by atoms with Crippen LogP contribution in [-0.4, -0.2) is 15.8 Å². The lowest BCUT2D eigenvalue weighted by Crippen LogP contribution is -2.02. The molecule has 0 saturated carbocycles. The number of aromatic nitrogens is 2. The molecule has 94 valence electrons. The van der Waals surface area contributed by atoms with E-state index in [1.807, 2.05) is 0 Å². The molecule has 1 aromatic carbocycles. The highest BCUT2D eigenvalue weighted by Crippen LogP contribution is 2.21. The molecule has 3 rings (SSSR count). The molecule has 0 unspecified atom stereocenters. The Balaban J connectivity index is 2.13. The third-order valence-electron chi connectivity index (χ3n) is 2.88. The van der Waals surface area contributed by atoms with E-state index in [0.29, 0.717) is 16.6 Å². The second kappa shape index (κ2) is 4.20. The van der Waals surface area contributed by atoms with Gasteiger partial charge in [-0.2, -0.15) is 0 Å². The summed E-state index contributed by atoms with van der Waals surface area (Å²) in [4.78, 5) is 19.4. The maximum Gasteiger partial charge on any atom is 0.195 e. The average molecular weight is 255 g/mol. The van der Waals surface area contributed by atoms with Gasteiger partial charge in [0.15, 0.2) is 5.78 Å². The molecular weight excluding hydrogens is 245 g/mol. The smallest absolute Gasteiger partial charge is 0.195 e. The zero-order valence-electron chi connectivity index (χ0n) is 9.85. The van der Waals surface area contributed by atoms with E-state index in [1.165, 1.54) is 18.2 Å². The van der Waals surface area contributed by atoms with Crippen molar-refractivity contribution in [3.05, 3.63) is 59.7 Å². The average Bonchev–Trinajstić information content (AvgIpc) is 2.80. The molecule has 4 nitrogen and oxygen atoms in total. The monoisotopic (exact) mass is 255 g/mol. The predicted octanol–water partition coefficient (Wildman–Crippen LogP) is 2.52. The van der Waals surface area contributed by atoms with Gasteiger partial charge in [-0.3, -0.25) is 4.79 Å². The number of ketones is 1. The normalized spacial score (nSPS) is 10.8. The van der Waals surface area contributed by atoms with Crippen LogP contribution in [0.2, 0.25) is 0 Å². The number of nitrogens with one attached hydrogen (secondary N) is 1. The van der Waals surface area contributed by atoms with Gasteiger partial charge in [-0.15, -0.1) is 0 Å². The van der Waals surface area contributed by atoms with Gasteiger partial charge in [0.05, 0.1) is 0 Å². The highest BCUT2D eigenvalue weighted by Gasteiger charge is 2.15. The number of hydrogen-bond donors (Lipinski definition) is 2. The Labute approximate surface area is 108 Å². The van der Waals surface area contributed by atoms with Gasteiger partial charge in [0.2, 0.25) is 0 Å². The van der Waals surface area contributed by atoms with Crippen LogP contribution in [0.25, 0.3) is 11.0 Å². The number of rotatable bonds is 2. The van der Waals surface area contributed by atoms with Gasteiger partial charge in [-0.1, -0.05) is 0 Å². The van der Waals surface area contributed by atoms with E-state index in [1.54, 1.807) is 24.5 Å². The molecule has 19 heavy (non-hydrogen) atoms. The van der Waals surface area contributed by atoms with Crippen molar-refractivity contribution < 1.29 is 9.18 Å². The van der Waals surface area contributed by atoms with Crippen LogP contribution in [0.4, 0.5) is 10.1 Å². The van der Waals surface area contributed by atoms with Crippen molar-refractivity contribution in [3.63, 3.8) is 0 Å². The maximum atomic E-state index is 13.3. The summed E-state index contributed by atoms with van der Waals surface area (Å²) in [7, 11) is 0. The molecule has 0 amide bonds. The fourth-order valence-corrected chi connectivity index (χ4v) is 2.04. The fraction of sp³-hybridized carbons (Fsp3) is 0. The van der Waals surface area contributed by atoms with Crippen LogP contribution in [-0.2, 0) is 0 Å². The first-order chi connectivity index (χ1) is 9.15. The Morgan fingerprint density at radius 3 is 2.95 bits per heavy atom. The van der Waals surface area contributed by atoms with Gasteiger partial charge in [0.1, 0.15) is 11.5 Å². The van der Waals surface area contributed by atoms with E-state index in [4.69, 9.17) is 5.73 Å². The minimum absolute atomic E-state index is 0.223. The predicted molar refractivity (Wildman–Crippen MR) is 70.3 cm³/mol. The number of halogens is 1. The Morgan fingerprint density at radius 1 is 1.32 bits per heavy atom. The lowest BCUT2D eigenvalue weighted by Gasteiger charge is -2.02. The Hall–Kier alpha value is -2.69. The zero-order valence-corrected chi connectivity index (χ0v) is 9.85. The summed E-state index contributed by atoms with van der Waals surface area (Å²) in [5, 5.41) is 0.704. The molecule has 0 saturated heterocycles. The van der Waals surface area contributed by atoms with Crippen molar-refractivity contribution in [1.29, 1.82) is 0 Å². The van der Waals surface area contributed by atoms with Crippen LogP contribution in [0.1, 0.15) is 15.9 Å². The van der Waals surface area contributed by atoms with E-state index in [9.17, 15) is 9.18 Å². The fourth-order valence-electron chi connectivity index (χ4n) is 2.04. The van der Waals surface area contributed by atoms with Gasteiger partial charge in [-0.25, -0.2) is 9.37 Å². The lowest BCUT2D eigenvalue weighted by atomic mass is 10.0. The molecule has 0 fully saturated rings. The first-order valence-corrected chi connectivity index (χ1v) is 5.68. The number of H-pyrrole nitrogens is 1. The Morgan fingerprint density at radius 2 is 2.16 bits per heavy atom. The molecule has 5 heteroatoms.